The maximum atomic E-state index is 7.07. The van der Waals surface area contributed by atoms with Crippen LogP contribution in [0.2, 0.25) is 0 Å². The SMILES string of the molecule is c1ccc(-n2c3ccccc3c3c2ccc2c4ccccc4n(-c4ccc5oc6c(-n7c8ccccc8c8ccc9c(c%10ccccc%10n9-c9ccccc9)c87)cccc6c5c4)c23)cc1. The molecule has 302 valence electrons. The number of rotatable bonds is 4. The highest BCUT2D eigenvalue weighted by atomic mass is 16.3. The molecule has 5 heteroatoms. The van der Waals surface area contributed by atoms with E-state index >= 15 is 0 Å². The molecule has 65 heavy (non-hydrogen) atoms. The van der Waals surface area contributed by atoms with Gasteiger partial charge >= 0.3 is 0 Å². The fourth-order valence-electron chi connectivity index (χ4n) is 11.3. The molecular formula is C60H36N4O. The first kappa shape index (κ1) is 34.7. The molecule has 0 spiro atoms. The van der Waals surface area contributed by atoms with Crippen molar-refractivity contribution in [2.75, 3.05) is 0 Å². The maximum absolute atomic E-state index is 7.07. The monoisotopic (exact) mass is 828 g/mol. The molecule has 0 aliphatic carbocycles. The van der Waals surface area contributed by atoms with Crippen molar-refractivity contribution in [2.45, 2.75) is 0 Å². The Kier molecular flexibility index (Phi) is 6.89. The van der Waals surface area contributed by atoms with Crippen LogP contribution in [0.5, 0.6) is 0 Å². The Bertz CT molecular complexity index is 4460. The van der Waals surface area contributed by atoms with Gasteiger partial charge in [0.2, 0.25) is 0 Å². The Labute approximate surface area is 371 Å². The second-order valence-corrected chi connectivity index (χ2v) is 17.2. The standard InChI is InChI=1S/C60H36N4O/c1-3-16-37(17-4-1)61-50-27-13-9-22-45(50)56-52(61)33-31-42-40-20-7-11-25-48(40)63(58(42)56)39-30-35-55-47(36-39)44-24-15-29-54(60(44)65-55)64-49-26-12-8-21-41(49)43-32-34-53-57(59(43)64)46-23-10-14-28-51(46)62(53)38-18-5-2-6-19-38/h1-36H. The highest BCUT2D eigenvalue weighted by Crippen LogP contribution is 2.46. The summed E-state index contributed by atoms with van der Waals surface area (Å²) in [5.74, 6) is 0. The van der Waals surface area contributed by atoms with E-state index in [9.17, 15) is 0 Å². The van der Waals surface area contributed by atoms with Crippen molar-refractivity contribution < 1.29 is 4.42 Å². The first-order valence-electron chi connectivity index (χ1n) is 22.3. The summed E-state index contributed by atoms with van der Waals surface area (Å²) >= 11 is 0. The van der Waals surface area contributed by atoms with E-state index in [0.717, 1.165) is 50.2 Å². The van der Waals surface area contributed by atoms with E-state index in [1.165, 1.54) is 81.7 Å². The van der Waals surface area contributed by atoms with E-state index in [2.05, 4.69) is 237 Å². The molecular weight excluding hydrogens is 793 g/mol. The summed E-state index contributed by atoms with van der Waals surface area (Å²) in [6, 6.07) is 79.2. The van der Waals surface area contributed by atoms with Gasteiger partial charge in [0.15, 0.2) is 5.58 Å². The Hall–Kier alpha value is -8.80. The molecule has 0 saturated heterocycles. The van der Waals surface area contributed by atoms with E-state index < -0.39 is 0 Å². The van der Waals surface area contributed by atoms with Crippen LogP contribution in [0.1, 0.15) is 0 Å². The second-order valence-electron chi connectivity index (χ2n) is 17.2. The minimum absolute atomic E-state index is 0.856. The molecule has 5 heterocycles. The molecule has 0 aliphatic heterocycles. The molecule has 0 aliphatic rings. The van der Waals surface area contributed by atoms with Crippen LogP contribution in [0.25, 0.3) is 132 Å². The summed E-state index contributed by atoms with van der Waals surface area (Å²) in [4.78, 5) is 0. The lowest BCUT2D eigenvalue weighted by Gasteiger charge is -2.11. The van der Waals surface area contributed by atoms with Gasteiger partial charge in [-0.25, -0.2) is 0 Å². The smallest absolute Gasteiger partial charge is 0.159 e. The Morgan fingerprint density at radius 1 is 0.262 bits per heavy atom. The molecule has 0 N–H and O–H groups in total. The van der Waals surface area contributed by atoms with Crippen LogP contribution in [-0.2, 0) is 0 Å². The molecule has 0 fully saturated rings. The van der Waals surface area contributed by atoms with Crippen LogP contribution in [0.4, 0.5) is 0 Å². The first-order chi connectivity index (χ1) is 32.3. The quantitative estimate of drug-likeness (QED) is 0.174. The molecule has 10 aromatic carbocycles. The van der Waals surface area contributed by atoms with Gasteiger partial charge in [-0.15, -0.1) is 0 Å². The Balaban J connectivity index is 1.02. The summed E-state index contributed by atoms with van der Waals surface area (Å²) in [7, 11) is 0. The van der Waals surface area contributed by atoms with Crippen LogP contribution >= 0.6 is 0 Å². The van der Waals surface area contributed by atoms with Gasteiger partial charge in [-0.1, -0.05) is 133 Å². The average Bonchev–Trinajstić information content (AvgIpc) is 4.17. The van der Waals surface area contributed by atoms with Crippen LogP contribution in [0.15, 0.2) is 223 Å². The van der Waals surface area contributed by atoms with E-state index in [4.69, 9.17) is 4.42 Å². The summed E-state index contributed by atoms with van der Waals surface area (Å²) in [5.41, 5.74) is 15.5. The fourth-order valence-corrected chi connectivity index (χ4v) is 11.3. The normalized spacial score (nSPS) is 12.3. The fraction of sp³-hybridized carbons (Fsp3) is 0. The van der Waals surface area contributed by atoms with Crippen molar-refractivity contribution >= 4 is 109 Å². The highest BCUT2D eigenvalue weighted by molar-refractivity contribution is 6.28. The number of para-hydroxylation sites is 7. The van der Waals surface area contributed by atoms with Gasteiger partial charge < -0.3 is 22.7 Å². The Morgan fingerprint density at radius 2 is 0.723 bits per heavy atom. The van der Waals surface area contributed by atoms with Gasteiger partial charge in [-0.2, -0.15) is 0 Å². The Morgan fingerprint density at radius 3 is 1.29 bits per heavy atom. The van der Waals surface area contributed by atoms with Gasteiger partial charge in [0, 0.05) is 70.9 Å². The summed E-state index contributed by atoms with van der Waals surface area (Å²) in [6.07, 6.45) is 0. The number of nitrogens with zero attached hydrogens (tertiary/aromatic N) is 4. The van der Waals surface area contributed by atoms with Crippen LogP contribution in [0, 0.1) is 0 Å². The molecule has 15 aromatic rings. The van der Waals surface area contributed by atoms with Crippen molar-refractivity contribution in [3.05, 3.63) is 218 Å². The molecule has 5 aromatic heterocycles. The van der Waals surface area contributed by atoms with Crippen LogP contribution in [0.3, 0.4) is 0 Å². The number of hydrogen-bond donors (Lipinski definition) is 0. The summed E-state index contributed by atoms with van der Waals surface area (Å²) in [5, 5.41) is 12.0. The van der Waals surface area contributed by atoms with E-state index in [1.54, 1.807) is 0 Å². The summed E-state index contributed by atoms with van der Waals surface area (Å²) in [6.45, 7) is 0. The van der Waals surface area contributed by atoms with Gasteiger partial charge in [0.25, 0.3) is 0 Å². The van der Waals surface area contributed by atoms with E-state index in [1.807, 2.05) is 0 Å². The lowest BCUT2D eigenvalue weighted by molar-refractivity contribution is 0.666. The van der Waals surface area contributed by atoms with Gasteiger partial charge in [-0.05, 0) is 84.9 Å². The molecule has 15 rings (SSSR count). The molecule has 0 saturated carbocycles. The maximum Gasteiger partial charge on any atom is 0.159 e. The third kappa shape index (κ3) is 4.60. The zero-order chi connectivity index (χ0) is 42.3. The number of aromatic nitrogens is 4. The van der Waals surface area contributed by atoms with Crippen LogP contribution < -0.4 is 0 Å². The zero-order valence-electron chi connectivity index (χ0n) is 35.0. The van der Waals surface area contributed by atoms with E-state index in [0.29, 0.717) is 0 Å². The summed E-state index contributed by atoms with van der Waals surface area (Å²) < 4.78 is 16.8. The van der Waals surface area contributed by atoms with Gasteiger partial charge in [0.1, 0.15) is 5.58 Å². The van der Waals surface area contributed by atoms with Crippen molar-refractivity contribution in [1.82, 2.24) is 18.3 Å². The number of fused-ring (bicyclic) bond motifs is 17. The lowest BCUT2D eigenvalue weighted by Crippen LogP contribution is -1.96. The molecule has 0 amide bonds. The van der Waals surface area contributed by atoms with Gasteiger partial charge in [-0.3, -0.25) is 0 Å². The molecule has 5 nitrogen and oxygen atoms in total. The van der Waals surface area contributed by atoms with Crippen molar-refractivity contribution in [3.8, 4) is 22.7 Å². The predicted molar refractivity (Wildman–Crippen MR) is 271 cm³/mol. The zero-order valence-corrected chi connectivity index (χ0v) is 35.0. The minimum Gasteiger partial charge on any atom is -0.454 e. The first-order valence-corrected chi connectivity index (χ1v) is 22.3. The predicted octanol–water partition coefficient (Wildman–Crippen LogP) is 16.0. The molecule has 0 radical (unpaired) electrons. The molecule has 0 atom stereocenters. The lowest BCUT2D eigenvalue weighted by atomic mass is 10.1. The van der Waals surface area contributed by atoms with Gasteiger partial charge in [0.05, 0.1) is 49.8 Å². The number of hydrogen-bond acceptors (Lipinski definition) is 1. The number of benzene rings is 10. The topological polar surface area (TPSA) is 32.9 Å². The minimum atomic E-state index is 0.856. The highest BCUT2D eigenvalue weighted by Gasteiger charge is 2.25. The number of furan rings is 1. The average molecular weight is 829 g/mol. The largest absolute Gasteiger partial charge is 0.454 e. The van der Waals surface area contributed by atoms with Crippen LogP contribution in [-0.4, -0.2) is 18.3 Å². The van der Waals surface area contributed by atoms with Crippen molar-refractivity contribution in [1.29, 1.82) is 0 Å². The second kappa shape index (κ2) is 12.9. The molecule has 0 unspecified atom stereocenters. The third-order valence-corrected chi connectivity index (χ3v) is 13.9. The molecule has 0 bridgehead atoms. The third-order valence-electron chi connectivity index (χ3n) is 13.9. The van der Waals surface area contributed by atoms with Crippen molar-refractivity contribution in [2.24, 2.45) is 0 Å². The van der Waals surface area contributed by atoms with Crippen molar-refractivity contribution in [3.63, 3.8) is 0 Å². The van der Waals surface area contributed by atoms with E-state index in [-0.39, 0.29) is 0 Å².